The first-order valence-corrected chi connectivity index (χ1v) is 15.0. The maximum atomic E-state index is 12.7. The van der Waals surface area contributed by atoms with Crippen LogP contribution in [-0.2, 0) is 18.4 Å². The Kier molecular flexibility index (Phi) is 5.30. The van der Waals surface area contributed by atoms with Gasteiger partial charge in [0.1, 0.15) is 22.8 Å². The number of ether oxygens (including phenoxy) is 2. The van der Waals surface area contributed by atoms with Crippen molar-refractivity contribution >= 4 is 8.32 Å². The number of hydrogen-bond acceptors (Lipinski definition) is 4. The Labute approximate surface area is 197 Å². The molecule has 5 heteroatoms. The van der Waals surface area contributed by atoms with Crippen LogP contribution in [0.4, 0.5) is 0 Å². The Bertz CT molecular complexity index is 1200. The summed E-state index contributed by atoms with van der Waals surface area (Å²) in [5.74, 6) is 2.70. The van der Waals surface area contributed by atoms with Gasteiger partial charge < -0.3 is 19.0 Å². The van der Waals surface area contributed by atoms with Gasteiger partial charge in [-0.05, 0) is 103 Å². The first-order chi connectivity index (χ1) is 15.7. The molecular weight excluding hydrogens is 428 g/mol. The molecule has 0 spiro atoms. The van der Waals surface area contributed by atoms with Crippen LogP contribution in [0.5, 0.6) is 17.2 Å². The minimum Gasteiger partial charge on any atom is -0.544 e. The molecule has 0 aromatic heterocycles. The normalized spacial score (nSPS) is 23.3. The first-order valence-electron chi connectivity index (χ1n) is 11.6. The lowest BCUT2D eigenvalue weighted by molar-refractivity contribution is -0.000514. The van der Waals surface area contributed by atoms with E-state index in [2.05, 4.69) is 37.8 Å². The summed E-state index contributed by atoms with van der Waals surface area (Å²) in [6.07, 6.45) is 1.69. The number of fused-ring (bicyclic) bond motifs is 4. The lowest BCUT2D eigenvalue weighted by Crippen LogP contribution is -2.43. The molecule has 33 heavy (non-hydrogen) atoms. The third-order valence-electron chi connectivity index (χ3n) is 7.08. The Morgan fingerprint density at radius 1 is 0.818 bits per heavy atom. The summed E-state index contributed by atoms with van der Waals surface area (Å²) in [5.41, 5.74) is 4.40. The minimum atomic E-state index is -1.79. The molecule has 172 valence electrons. The highest BCUT2D eigenvalue weighted by Crippen LogP contribution is 2.56. The van der Waals surface area contributed by atoms with Crippen LogP contribution in [-0.4, -0.2) is 27.6 Å². The molecule has 0 fully saturated rings. The van der Waals surface area contributed by atoms with E-state index in [1.165, 1.54) is 16.7 Å². The number of hydrogen-bond donors (Lipinski definition) is 1. The van der Waals surface area contributed by atoms with Gasteiger partial charge in [-0.25, -0.2) is 0 Å². The molecule has 2 aliphatic rings. The zero-order chi connectivity index (χ0) is 23.4. The van der Waals surface area contributed by atoms with Crippen molar-refractivity contribution < 1.29 is 19.0 Å². The molecule has 0 aliphatic heterocycles. The van der Waals surface area contributed by atoms with Gasteiger partial charge in [-0.2, -0.15) is 0 Å². The van der Waals surface area contributed by atoms with E-state index < -0.39 is 13.9 Å². The zero-order valence-corrected chi connectivity index (χ0v) is 21.0. The fourth-order valence-corrected chi connectivity index (χ4v) is 6.54. The SMILES string of the molecule is COc1ccc2c(c1)C[C@@H]1[C@H]2Cc2ccc(OC)cc2[C@@]1(O)c1cccc(O[Si](C)(C)C)c1. The van der Waals surface area contributed by atoms with Gasteiger partial charge in [0.25, 0.3) is 0 Å². The first kappa shape index (κ1) is 22.1. The number of aliphatic hydroxyl groups is 1. The second kappa shape index (κ2) is 7.92. The predicted octanol–water partition coefficient (Wildman–Crippen LogP) is 5.67. The Hall–Kier alpha value is -2.76. The van der Waals surface area contributed by atoms with Crippen molar-refractivity contribution in [3.63, 3.8) is 0 Å². The monoisotopic (exact) mass is 460 g/mol. The summed E-state index contributed by atoms with van der Waals surface area (Å²) in [6.45, 7) is 6.52. The zero-order valence-electron chi connectivity index (χ0n) is 20.0. The number of benzene rings is 3. The van der Waals surface area contributed by atoms with E-state index in [1.807, 2.05) is 42.5 Å². The van der Waals surface area contributed by atoms with Crippen molar-refractivity contribution in [3.05, 3.63) is 88.5 Å². The van der Waals surface area contributed by atoms with E-state index in [-0.39, 0.29) is 11.8 Å². The maximum absolute atomic E-state index is 12.7. The van der Waals surface area contributed by atoms with Gasteiger partial charge in [0.2, 0.25) is 8.32 Å². The topological polar surface area (TPSA) is 47.9 Å². The molecule has 0 saturated heterocycles. The fraction of sp³-hybridized carbons (Fsp3) is 0.357. The third-order valence-corrected chi connectivity index (χ3v) is 7.93. The Morgan fingerprint density at radius 3 is 2.27 bits per heavy atom. The van der Waals surface area contributed by atoms with Crippen LogP contribution < -0.4 is 13.9 Å². The second-order valence-corrected chi connectivity index (χ2v) is 14.6. The molecule has 3 aromatic carbocycles. The molecule has 0 amide bonds. The summed E-state index contributed by atoms with van der Waals surface area (Å²) in [4.78, 5) is 0. The molecule has 0 radical (unpaired) electrons. The van der Waals surface area contributed by atoms with Crippen molar-refractivity contribution in [2.45, 2.75) is 44.0 Å². The summed E-state index contributed by atoms with van der Waals surface area (Å²) < 4.78 is 17.3. The second-order valence-electron chi connectivity index (χ2n) is 10.2. The lowest BCUT2D eigenvalue weighted by Gasteiger charge is -2.44. The van der Waals surface area contributed by atoms with Crippen LogP contribution in [0, 0.1) is 5.92 Å². The highest BCUT2D eigenvalue weighted by atomic mass is 28.4. The van der Waals surface area contributed by atoms with E-state index in [1.54, 1.807) is 14.2 Å². The van der Waals surface area contributed by atoms with Gasteiger partial charge in [0.05, 0.1) is 14.2 Å². The van der Waals surface area contributed by atoms with E-state index in [0.717, 1.165) is 41.2 Å². The molecule has 0 saturated carbocycles. The van der Waals surface area contributed by atoms with Gasteiger partial charge in [0.15, 0.2) is 0 Å². The lowest BCUT2D eigenvalue weighted by atomic mass is 9.63. The molecule has 0 heterocycles. The summed E-state index contributed by atoms with van der Waals surface area (Å²) in [6, 6.07) is 20.5. The summed E-state index contributed by atoms with van der Waals surface area (Å²) >= 11 is 0. The standard InChI is InChI=1S/C28H32O4Si/c1-30-21-11-12-24-19(13-21)15-27-25(24)14-18-9-10-22(31-2)17-26(18)28(27,29)20-7-6-8-23(16-20)32-33(3,4)5/h6-13,16-17,25,27,29H,14-15H2,1-5H3/t25-,27+,28-/m0/s1. The van der Waals surface area contributed by atoms with Gasteiger partial charge in [0, 0.05) is 5.92 Å². The average Bonchev–Trinajstić information content (AvgIpc) is 3.16. The van der Waals surface area contributed by atoms with Crippen LogP contribution in [0.25, 0.3) is 0 Å². The molecule has 4 nitrogen and oxygen atoms in total. The number of rotatable bonds is 5. The average molecular weight is 461 g/mol. The molecule has 3 aromatic rings. The highest BCUT2D eigenvalue weighted by molar-refractivity contribution is 6.70. The number of methoxy groups -OCH3 is 2. The van der Waals surface area contributed by atoms with Crippen LogP contribution in [0.3, 0.4) is 0 Å². The highest BCUT2D eigenvalue weighted by Gasteiger charge is 2.52. The van der Waals surface area contributed by atoms with Crippen molar-refractivity contribution in [1.29, 1.82) is 0 Å². The van der Waals surface area contributed by atoms with E-state index in [9.17, 15) is 5.11 Å². The van der Waals surface area contributed by atoms with Gasteiger partial charge in [-0.15, -0.1) is 0 Å². The summed E-state index contributed by atoms with van der Waals surface area (Å²) in [5, 5.41) is 12.7. The minimum absolute atomic E-state index is 0.0151. The van der Waals surface area contributed by atoms with Crippen LogP contribution in [0.2, 0.25) is 19.6 Å². The Balaban J connectivity index is 1.68. The predicted molar refractivity (Wildman–Crippen MR) is 133 cm³/mol. The molecule has 0 unspecified atom stereocenters. The molecule has 3 atom stereocenters. The maximum Gasteiger partial charge on any atom is 0.242 e. The third kappa shape index (κ3) is 3.73. The van der Waals surface area contributed by atoms with Gasteiger partial charge in [-0.1, -0.05) is 24.3 Å². The quantitative estimate of drug-likeness (QED) is 0.499. The molecule has 1 N–H and O–H groups in total. The van der Waals surface area contributed by atoms with Gasteiger partial charge in [-0.3, -0.25) is 0 Å². The van der Waals surface area contributed by atoms with E-state index in [4.69, 9.17) is 13.9 Å². The molecule has 0 bridgehead atoms. The molecular formula is C28H32O4Si. The van der Waals surface area contributed by atoms with Crippen molar-refractivity contribution in [1.82, 2.24) is 0 Å². The van der Waals surface area contributed by atoms with E-state index >= 15 is 0 Å². The molecule has 2 aliphatic carbocycles. The van der Waals surface area contributed by atoms with Crippen molar-refractivity contribution in [2.24, 2.45) is 5.92 Å². The van der Waals surface area contributed by atoms with E-state index in [0.29, 0.717) is 0 Å². The fourth-order valence-electron chi connectivity index (χ4n) is 5.71. The smallest absolute Gasteiger partial charge is 0.242 e. The molecule has 5 rings (SSSR count). The van der Waals surface area contributed by atoms with Crippen LogP contribution >= 0.6 is 0 Å². The van der Waals surface area contributed by atoms with Crippen LogP contribution in [0.15, 0.2) is 60.7 Å². The van der Waals surface area contributed by atoms with Crippen LogP contribution in [0.1, 0.15) is 33.7 Å². The Morgan fingerprint density at radius 2 is 1.55 bits per heavy atom. The van der Waals surface area contributed by atoms with Crippen molar-refractivity contribution in [3.8, 4) is 17.2 Å². The van der Waals surface area contributed by atoms with Crippen molar-refractivity contribution in [2.75, 3.05) is 14.2 Å². The van der Waals surface area contributed by atoms with Gasteiger partial charge >= 0.3 is 0 Å². The largest absolute Gasteiger partial charge is 0.544 e. The summed E-state index contributed by atoms with van der Waals surface area (Å²) in [7, 11) is 1.59.